The number of hydrogen-bond acceptors (Lipinski definition) is 5. The molecule has 3 N–H and O–H groups in total. The lowest BCUT2D eigenvalue weighted by molar-refractivity contribution is -0.117. The minimum Gasteiger partial charge on any atom is -0.385 e. The predicted molar refractivity (Wildman–Crippen MR) is 77.3 cm³/mol. The van der Waals surface area contributed by atoms with Crippen LogP contribution in [-0.2, 0) is 19.4 Å². The van der Waals surface area contributed by atoms with E-state index in [1.54, 1.807) is 19.2 Å². The molecular formula is C13H20N2O4S. The van der Waals surface area contributed by atoms with Crippen molar-refractivity contribution in [2.75, 3.05) is 25.3 Å². The van der Waals surface area contributed by atoms with Crippen LogP contribution in [0.1, 0.15) is 12.8 Å². The van der Waals surface area contributed by atoms with Gasteiger partial charge in [-0.15, -0.1) is 0 Å². The van der Waals surface area contributed by atoms with Crippen molar-refractivity contribution in [3.63, 3.8) is 0 Å². The first-order valence-corrected chi connectivity index (χ1v) is 8.09. The Bertz CT molecular complexity index is 557. The maximum Gasteiger partial charge on any atom is 0.241 e. The number of rotatable bonds is 7. The molecular weight excluding hydrogens is 280 g/mol. The van der Waals surface area contributed by atoms with Crippen molar-refractivity contribution in [1.82, 2.24) is 0 Å². The lowest BCUT2D eigenvalue weighted by Crippen LogP contribution is -2.35. The number of methoxy groups -OCH3 is 1. The van der Waals surface area contributed by atoms with Crippen LogP contribution in [0.3, 0.4) is 0 Å². The summed E-state index contributed by atoms with van der Waals surface area (Å²) in [6, 6.07) is 5.43. The average Bonchev–Trinajstić information content (AvgIpc) is 2.38. The number of nitrogens with two attached hydrogens (primary N) is 1. The van der Waals surface area contributed by atoms with Gasteiger partial charge >= 0.3 is 0 Å². The molecule has 0 heterocycles. The molecule has 0 aromatic heterocycles. The molecule has 1 atom stereocenters. The van der Waals surface area contributed by atoms with Crippen LogP contribution in [0.15, 0.2) is 29.2 Å². The van der Waals surface area contributed by atoms with E-state index < -0.39 is 15.9 Å². The van der Waals surface area contributed by atoms with Crippen molar-refractivity contribution in [2.45, 2.75) is 23.8 Å². The smallest absolute Gasteiger partial charge is 0.241 e. The van der Waals surface area contributed by atoms with Crippen LogP contribution in [0.25, 0.3) is 0 Å². The average molecular weight is 300 g/mol. The number of nitrogens with one attached hydrogen (secondary N) is 1. The van der Waals surface area contributed by atoms with E-state index in [0.29, 0.717) is 25.1 Å². The quantitative estimate of drug-likeness (QED) is 0.725. The van der Waals surface area contributed by atoms with Gasteiger partial charge in [0.15, 0.2) is 9.84 Å². The molecule has 0 aliphatic heterocycles. The molecule has 1 rings (SSSR count). The fourth-order valence-corrected chi connectivity index (χ4v) is 2.28. The van der Waals surface area contributed by atoms with E-state index in [4.69, 9.17) is 10.5 Å². The monoisotopic (exact) mass is 300 g/mol. The number of anilines is 1. The first kappa shape index (κ1) is 16.6. The van der Waals surface area contributed by atoms with Gasteiger partial charge in [-0.05, 0) is 31.0 Å². The third-order valence-corrected chi connectivity index (χ3v) is 3.84. The molecule has 0 saturated carbocycles. The van der Waals surface area contributed by atoms with Crippen molar-refractivity contribution in [3.8, 4) is 0 Å². The number of amides is 1. The van der Waals surface area contributed by atoms with Crippen molar-refractivity contribution in [3.05, 3.63) is 24.3 Å². The van der Waals surface area contributed by atoms with Crippen molar-refractivity contribution in [2.24, 2.45) is 5.73 Å². The van der Waals surface area contributed by atoms with Crippen LogP contribution in [-0.4, -0.2) is 40.3 Å². The molecule has 0 aliphatic rings. The summed E-state index contributed by atoms with van der Waals surface area (Å²) in [6.07, 6.45) is 2.31. The highest BCUT2D eigenvalue weighted by atomic mass is 32.2. The highest BCUT2D eigenvalue weighted by Gasteiger charge is 2.14. The molecule has 1 aromatic carbocycles. The van der Waals surface area contributed by atoms with Crippen LogP contribution in [0.5, 0.6) is 0 Å². The zero-order valence-corrected chi connectivity index (χ0v) is 12.4. The zero-order valence-electron chi connectivity index (χ0n) is 11.6. The molecule has 1 amide bonds. The van der Waals surface area contributed by atoms with Crippen LogP contribution >= 0.6 is 0 Å². The van der Waals surface area contributed by atoms with Gasteiger partial charge in [0.25, 0.3) is 0 Å². The number of carbonyl (C=O) groups is 1. The molecule has 0 fully saturated rings. The van der Waals surface area contributed by atoms with Crippen LogP contribution < -0.4 is 11.1 Å². The van der Waals surface area contributed by atoms with Gasteiger partial charge in [-0.25, -0.2) is 8.42 Å². The minimum absolute atomic E-state index is 0.156. The molecule has 7 heteroatoms. The molecule has 1 aromatic rings. The molecule has 20 heavy (non-hydrogen) atoms. The van der Waals surface area contributed by atoms with Gasteiger partial charge in [0.2, 0.25) is 5.91 Å². The molecule has 0 saturated heterocycles. The predicted octanol–water partition coefficient (Wildman–Crippen LogP) is 0.782. The van der Waals surface area contributed by atoms with Crippen LogP contribution in [0, 0.1) is 0 Å². The highest BCUT2D eigenvalue weighted by molar-refractivity contribution is 7.90. The maximum atomic E-state index is 11.8. The third-order valence-electron chi connectivity index (χ3n) is 2.73. The molecule has 0 bridgehead atoms. The molecule has 112 valence electrons. The van der Waals surface area contributed by atoms with Gasteiger partial charge in [-0.1, -0.05) is 6.07 Å². The normalized spacial score (nSPS) is 12.9. The first-order valence-electron chi connectivity index (χ1n) is 6.20. The summed E-state index contributed by atoms with van der Waals surface area (Å²) in [5.74, 6) is -0.341. The van der Waals surface area contributed by atoms with Gasteiger partial charge in [0.1, 0.15) is 0 Å². The SMILES string of the molecule is COCCCC(N)C(=O)Nc1cccc(S(C)(=O)=O)c1. The number of carbonyl (C=O) groups excluding carboxylic acids is 1. The van der Waals surface area contributed by atoms with E-state index in [1.807, 2.05) is 0 Å². The van der Waals surface area contributed by atoms with Crippen LogP contribution in [0.2, 0.25) is 0 Å². The van der Waals surface area contributed by atoms with Crippen molar-refractivity contribution >= 4 is 21.4 Å². The van der Waals surface area contributed by atoms with Crippen molar-refractivity contribution in [1.29, 1.82) is 0 Å². The Hall–Kier alpha value is -1.44. The fraction of sp³-hybridized carbons (Fsp3) is 0.462. The Morgan fingerprint density at radius 3 is 2.75 bits per heavy atom. The second-order valence-electron chi connectivity index (χ2n) is 4.53. The van der Waals surface area contributed by atoms with E-state index in [1.165, 1.54) is 12.1 Å². The molecule has 6 nitrogen and oxygen atoms in total. The van der Waals surface area contributed by atoms with E-state index >= 15 is 0 Å². The lowest BCUT2D eigenvalue weighted by atomic mass is 10.1. The molecule has 0 radical (unpaired) electrons. The van der Waals surface area contributed by atoms with E-state index in [-0.39, 0.29) is 10.8 Å². The summed E-state index contributed by atoms with van der Waals surface area (Å²) < 4.78 is 27.7. The number of hydrogen-bond donors (Lipinski definition) is 2. The number of benzene rings is 1. The Morgan fingerprint density at radius 2 is 2.15 bits per heavy atom. The maximum absolute atomic E-state index is 11.8. The fourth-order valence-electron chi connectivity index (χ4n) is 1.62. The Balaban J connectivity index is 2.66. The first-order chi connectivity index (χ1) is 9.34. The minimum atomic E-state index is -3.30. The summed E-state index contributed by atoms with van der Waals surface area (Å²) in [7, 11) is -1.71. The Kier molecular flexibility index (Phi) is 6.12. The summed E-state index contributed by atoms with van der Waals surface area (Å²) in [6.45, 7) is 0.546. The van der Waals surface area contributed by atoms with Crippen LogP contribution in [0.4, 0.5) is 5.69 Å². The zero-order chi connectivity index (χ0) is 15.2. The van der Waals surface area contributed by atoms with Gasteiger partial charge in [0, 0.05) is 25.7 Å². The summed E-state index contributed by atoms with van der Waals surface area (Å²) in [4.78, 5) is 12.0. The summed E-state index contributed by atoms with van der Waals surface area (Å²) in [5, 5.41) is 2.61. The van der Waals surface area contributed by atoms with Gasteiger partial charge in [-0.2, -0.15) is 0 Å². The second-order valence-corrected chi connectivity index (χ2v) is 6.55. The number of ether oxygens (including phenoxy) is 1. The van der Waals surface area contributed by atoms with Gasteiger partial charge < -0.3 is 15.8 Å². The van der Waals surface area contributed by atoms with Crippen molar-refractivity contribution < 1.29 is 17.9 Å². The number of sulfone groups is 1. The molecule has 1 unspecified atom stereocenters. The Labute approximate surface area is 119 Å². The largest absolute Gasteiger partial charge is 0.385 e. The lowest BCUT2D eigenvalue weighted by Gasteiger charge is -2.12. The summed E-state index contributed by atoms with van der Waals surface area (Å²) >= 11 is 0. The second kappa shape index (κ2) is 7.37. The van der Waals surface area contributed by atoms with E-state index in [9.17, 15) is 13.2 Å². The Morgan fingerprint density at radius 1 is 1.45 bits per heavy atom. The van der Waals surface area contributed by atoms with E-state index in [0.717, 1.165) is 6.26 Å². The topological polar surface area (TPSA) is 98.5 Å². The highest BCUT2D eigenvalue weighted by Crippen LogP contribution is 2.15. The van der Waals surface area contributed by atoms with Gasteiger partial charge in [0.05, 0.1) is 10.9 Å². The van der Waals surface area contributed by atoms with E-state index in [2.05, 4.69) is 5.32 Å². The molecule has 0 spiro atoms. The van der Waals surface area contributed by atoms with Gasteiger partial charge in [-0.3, -0.25) is 4.79 Å². The summed E-state index contributed by atoms with van der Waals surface area (Å²) in [5.41, 5.74) is 6.16. The standard InChI is InChI=1S/C13H20N2O4S/c1-19-8-4-7-12(14)13(16)15-10-5-3-6-11(9-10)20(2,17)18/h3,5-6,9,12H,4,7-8,14H2,1-2H3,(H,15,16). The third kappa shape index (κ3) is 5.28. The molecule has 0 aliphatic carbocycles.